The average Bonchev–Trinajstić information content (AvgIpc) is 3.22. The van der Waals surface area contributed by atoms with Gasteiger partial charge in [-0.15, -0.1) is 0 Å². The third kappa shape index (κ3) is 4.76. The highest BCUT2D eigenvalue weighted by Crippen LogP contribution is 2.41. The van der Waals surface area contributed by atoms with E-state index in [1.807, 2.05) is 10.8 Å². The lowest BCUT2D eigenvalue weighted by molar-refractivity contribution is 0.312. The van der Waals surface area contributed by atoms with Crippen LogP contribution >= 0.6 is 0 Å². The van der Waals surface area contributed by atoms with Crippen molar-refractivity contribution in [1.29, 1.82) is 0 Å². The molecule has 214 valence electrons. The second-order valence-corrected chi connectivity index (χ2v) is 13.3. The Hall–Kier alpha value is -3.18. The molecule has 4 aliphatic rings. The maximum absolute atomic E-state index is 14.2. The second-order valence-electron chi connectivity index (χ2n) is 13.3. The van der Waals surface area contributed by atoms with Crippen LogP contribution in [0.15, 0.2) is 52.0 Å². The molecule has 0 N–H and O–H groups in total. The van der Waals surface area contributed by atoms with Gasteiger partial charge >= 0.3 is 0 Å². The molecule has 3 heterocycles. The Balaban J connectivity index is 1.34. The molecule has 0 amide bonds. The van der Waals surface area contributed by atoms with Crippen molar-refractivity contribution in [2.24, 2.45) is 5.92 Å². The molecule has 5 nitrogen and oxygen atoms in total. The van der Waals surface area contributed by atoms with Gasteiger partial charge in [-0.3, -0.25) is 4.79 Å². The smallest absolute Gasteiger partial charge is 0.254 e. The molecule has 3 aromatic rings. The van der Waals surface area contributed by atoms with Crippen LogP contribution in [0, 0.1) is 5.92 Å². The van der Waals surface area contributed by atoms with Gasteiger partial charge in [-0.25, -0.2) is 4.98 Å². The maximum Gasteiger partial charge on any atom is 0.254 e. The summed E-state index contributed by atoms with van der Waals surface area (Å²) < 4.78 is 8.25. The lowest BCUT2D eigenvalue weighted by Crippen LogP contribution is -2.29. The lowest BCUT2D eigenvalue weighted by Gasteiger charge is -2.29. The van der Waals surface area contributed by atoms with Gasteiger partial charge in [0.25, 0.3) is 5.56 Å². The zero-order valence-electron chi connectivity index (χ0n) is 25.2. The highest BCUT2D eigenvalue weighted by Gasteiger charge is 2.30. The molecule has 41 heavy (non-hydrogen) atoms. The molecule has 3 fully saturated rings. The van der Waals surface area contributed by atoms with Crippen LogP contribution in [0.4, 0.5) is 0 Å². The normalized spacial score (nSPS) is 18.5. The van der Waals surface area contributed by atoms with E-state index in [0.29, 0.717) is 12.5 Å². The van der Waals surface area contributed by atoms with Crippen molar-refractivity contribution in [3.8, 4) is 17.1 Å². The number of hydrogen-bond donors (Lipinski definition) is 0. The van der Waals surface area contributed by atoms with Gasteiger partial charge in [0, 0.05) is 34.5 Å². The summed E-state index contributed by atoms with van der Waals surface area (Å²) in [6, 6.07) is 8.77. The Morgan fingerprint density at radius 1 is 1.10 bits per heavy atom. The standard InChI is InChI=1S/C36H43N3O2/c1-22(26-12-7-13-26)23(2)28-18-33-35-27(19-39(33)36(40)30(28)16-24-8-5-9-24)17-29-31(20-38(3)4)34(15-14-32(29)37-35)41-21-25-10-6-11-25/h14-15,17-18,21,23-24H,5-13,16,19-20H2,1-4H3/t23-/m0/s1. The molecule has 0 unspecified atom stereocenters. The topological polar surface area (TPSA) is 47.4 Å². The zero-order chi connectivity index (χ0) is 28.2. The summed E-state index contributed by atoms with van der Waals surface area (Å²) in [4.78, 5) is 21.7. The molecular formula is C36H43N3O2. The minimum atomic E-state index is 0.203. The second kappa shape index (κ2) is 10.6. The summed E-state index contributed by atoms with van der Waals surface area (Å²) in [6.45, 7) is 5.97. The van der Waals surface area contributed by atoms with Gasteiger partial charge in [-0.05, 0) is 107 Å². The fraction of sp³-hybridized carbons (Fsp3) is 0.500. The SMILES string of the molecule is CC(=C1CCC1)[C@H](C)c1cc2n(c(=O)c1CC1CCC1)Cc1cc3c(CN(C)C)c(OC=C4CCC4)ccc3nc1-2. The molecule has 7 rings (SSSR count). The number of rotatable bonds is 8. The first-order valence-corrected chi connectivity index (χ1v) is 15.8. The Kier molecular flexibility index (Phi) is 6.89. The van der Waals surface area contributed by atoms with Crippen LogP contribution in [0.3, 0.4) is 0 Å². The monoisotopic (exact) mass is 549 g/mol. The molecule has 0 bridgehead atoms. The summed E-state index contributed by atoms with van der Waals surface area (Å²) in [7, 11) is 4.19. The van der Waals surface area contributed by atoms with E-state index in [9.17, 15) is 4.79 Å². The van der Waals surface area contributed by atoms with Gasteiger partial charge in [-0.1, -0.05) is 37.3 Å². The van der Waals surface area contributed by atoms with E-state index in [0.717, 1.165) is 70.5 Å². The molecule has 0 saturated heterocycles. The van der Waals surface area contributed by atoms with Crippen molar-refractivity contribution in [3.05, 3.63) is 79.9 Å². The summed E-state index contributed by atoms with van der Waals surface area (Å²) in [6.07, 6.45) is 13.9. The molecule has 0 spiro atoms. The first-order valence-electron chi connectivity index (χ1n) is 15.8. The van der Waals surface area contributed by atoms with Crippen molar-refractivity contribution in [2.75, 3.05) is 14.1 Å². The molecule has 3 aliphatic carbocycles. The number of fused-ring (bicyclic) bond motifs is 4. The van der Waals surface area contributed by atoms with Crippen LogP contribution in [0.5, 0.6) is 5.75 Å². The first kappa shape index (κ1) is 26.7. The number of ether oxygens (including phenoxy) is 1. The molecule has 3 saturated carbocycles. The van der Waals surface area contributed by atoms with Crippen LogP contribution < -0.4 is 10.3 Å². The van der Waals surface area contributed by atoms with Gasteiger partial charge in [0.15, 0.2) is 0 Å². The highest BCUT2D eigenvalue weighted by atomic mass is 16.5. The molecule has 0 radical (unpaired) electrons. The van der Waals surface area contributed by atoms with Crippen molar-refractivity contribution in [3.63, 3.8) is 0 Å². The van der Waals surface area contributed by atoms with E-state index >= 15 is 0 Å². The average molecular weight is 550 g/mol. The van der Waals surface area contributed by atoms with E-state index < -0.39 is 0 Å². The number of benzene rings is 1. The Morgan fingerprint density at radius 2 is 1.88 bits per heavy atom. The Morgan fingerprint density at radius 3 is 2.51 bits per heavy atom. The maximum atomic E-state index is 14.2. The Labute approximate surface area is 243 Å². The zero-order valence-corrected chi connectivity index (χ0v) is 25.2. The number of nitrogens with zero attached hydrogens (tertiary/aromatic N) is 3. The molecule has 5 heteroatoms. The molecular weight excluding hydrogens is 506 g/mol. The van der Waals surface area contributed by atoms with E-state index in [-0.39, 0.29) is 11.5 Å². The summed E-state index contributed by atoms with van der Waals surface area (Å²) >= 11 is 0. The van der Waals surface area contributed by atoms with Crippen LogP contribution in [0.25, 0.3) is 22.3 Å². The van der Waals surface area contributed by atoms with Gasteiger partial charge in [0.05, 0.1) is 29.7 Å². The fourth-order valence-corrected chi connectivity index (χ4v) is 7.00. The van der Waals surface area contributed by atoms with Crippen LogP contribution in [-0.4, -0.2) is 28.5 Å². The van der Waals surface area contributed by atoms with Crippen LogP contribution in [0.2, 0.25) is 0 Å². The molecule has 1 atom stereocenters. The van der Waals surface area contributed by atoms with Crippen molar-refractivity contribution in [1.82, 2.24) is 14.5 Å². The van der Waals surface area contributed by atoms with Crippen molar-refractivity contribution < 1.29 is 4.74 Å². The van der Waals surface area contributed by atoms with Gasteiger partial charge < -0.3 is 14.2 Å². The third-order valence-corrected chi connectivity index (χ3v) is 10.3. The number of allylic oxidation sites excluding steroid dienone is 3. The van der Waals surface area contributed by atoms with Gasteiger partial charge in [-0.2, -0.15) is 0 Å². The minimum Gasteiger partial charge on any atom is -0.465 e. The molecule has 2 aromatic heterocycles. The van der Waals surface area contributed by atoms with E-state index in [1.54, 1.807) is 5.57 Å². The van der Waals surface area contributed by atoms with E-state index in [2.05, 4.69) is 57.1 Å². The van der Waals surface area contributed by atoms with Crippen LogP contribution in [0.1, 0.15) is 99.8 Å². The van der Waals surface area contributed by atoms with Gasteiger partial charge in [0.1, 0.15) is 5.75 Å². The Bertz CT molecular complexity index is 1640. The number of pyridine rings is 2. The van der Waals surface area contributed by atoms with E-state index in [4.69, 9.17) is 9.72 Å². The number of hydrogen-bond acceptors (Lipinski definition) is 4. The predicted molar refractivity (Wildman–Crippen MR) is 167 cm³/mol. The number of aromatic nitrogens is 2. The van der Waals surface area contributed by atoms with Crippen LogP contribution in [-0.2, 0) is 19.5 Å². The third-order valence-electron chi connectivity index (χ3n) is 10.3. The van der Waals surface area contributed by atoms with Gasteiger partial charge in [0.2, 0.25) is 0 Å². The predicted octanol–water partition coefficient (Wildman–Crippen LogP) is 7.88. The summed E-state index contributed by atoms with van der Waals surface area (Å²) in [5.74, 6) is 1.81. The van der Waals surface area contributed by atoms with E-state index in [1.165, 1.54) is 61.7 Å². The first-order chi connectivity index (χ1) is 19.9. The largest absolute Gasteiger partial charge is 0.465 e. The summed E-state index contributed by atoms with van der Waals surface area (Å²) in [5, 5.41) is 1.12. The van der Waals surface area contributed by atoms with Crippen molar-refractivity contribution >= 4 is 10.9 Å². The molecule has 1 aromatic carbocycles. The molecule has 1 aliphatic heterocycles. The minimum absolute atomic E-state index is 0.203. The van der Waals surface area contributed by atoms with Crippen molar-refractivity contribution in [2.45, 2.75) is 97.1 Å². The summed E-state index contributed by atoms with van der Waals surface area (Å²) in [5.41, 5.74) is 12.2. The lowest BCUT2D eigenvalue weighted by atomic mass is 9.77. The highest BCUT2D eigenvalue weighted by molar-refractivity contribution is 5.88. The fourth-order valence-electron chi connectivity index (χ4n) is 7.00. The quantitative estimate of drug-likeness (QED) is 0.166.